The van der Waals surface area contributed by atoms with Crippen LogP contribution in [0.25, 0.3) is 0 Å². The molecule has 10 heteroatoms. The molecule has 0 heterocycles. The number of halogens is 3. The minimum absolute atomic E-state index is 0.260. The van der Waals surface area contributed by atoms with Crippen molar-refractivity contribution in [3.05, 3.63) is 24.3 Å². The summed E-state index contributed by atoms with van der Waals surface area (Å²) in [5.41, 5.74) is -1.33. The van der Waals surface area contributed by atoms with Crippen molar-refractivity contribution in [3.63, 3.8) is 0 Å². The summed E-state index contributed by atoms with van der Waals surface area (Å²) >= 11 is 1.31. The lowest BCUT2D eigenvalue weighted by molar-refractivity contribution is -0.275. The Labute approximate surface area is 130 Å². The summed E-state index contributed by atoms with van der Waals surface area (Å²) in [6, 6.07) is 4.40. The first-order valence-electron chi connectivity index (χ1n) is 6.03. The number of para-hydroxylation sites is 1. The molecule has 0 bridgehead atoms. The van der Waals surface area contributed by atoms with Gasteiger partial charge in [-0.15, -0.1) is 13.2 Å². The summed E-state index contributed by atoms with van der Waals surface area (Å²) in [5, 5.41) is 9.92. The average Bonchev–Trinajstić information content (AvgIpc) is 2.35. The van der Waals surface area contributed by atoms with Crippen molar-refractivity contribution in [2.75, 3.05) is 18.6 Å². The monoisotopic (exact) mass is 359 g/mol. The van der Waals surface area contributed by atoms with Crippen molar-refractivity contribution in [2.24, 2.45) is 0 Å². The van der Waals surface area contributed by atoms with Gasteiger partial charge in [0.25, 0.3) is 0 Å². The Morgan fingerprint density at radius 3 is 2.45 bits per heavy atom. The molecule has 0 aromatic heterocycles. The van der Waals surface area contributed by atoms with Gasteiger partial charge in [0.15, 0.2) is 0 Å². The molecule has 0 saturated carbocycles. The van der Waals surface area contributed by atoms with Crippen LogP contribution < -0.4 is 9.46 Å². The van der Waals surface area contributed by atoms with E-state index >= 15 is 0 Å². The lowest BCUT2D eigenvalue weighted by Crippen LogP contribution is -2.42. The number of alkyl halides is 3. The van der Waals surface area contributed by atoms with E-state index in [4.69, 9.17) is 0 Å². The van der Waals surface area contributed by atoms with Crippen LogP contribution in [0, 0.1) is 0 Å². The standard InChI is InChI=1S/C12H16F3NO4S2/c1-11(17,8-21-2)7-16-22(18,19)10-6-4-3-5-9(10)20-12(13,14)15/h3-6,16-17H,7-8H2,1-2H3/t11-/m0/s1. The van der Waals surface area contributed by atoms with Gasteiger partial charge in [-0.2, -0.15) is 11.8 Å². The van der Waals surface area contributed by atoms with E-state index in [0.717, 1.165) is 12.1 Å². The number of ether oxygens (including phenoxy) is 1. The minimum Gasteiger partial charge on any atom is -0.404 e. The zero-order valence-electron chi connectivity index (χ0n) is 11.8. The Morgan fingerprint density at radius 2 is 1.91 bits per heavy atom. The Bertz CT molecular complexity index is 603. The van der Waals surface area contributed by atoms with Gasteiger partial charge in [-0.1, -0.05) is 12.1 Å². The third-order valence-electron chi connectivity index (χ3n) is 2.46. The van der Waals surface area contributed by atoms with Crippen LogP contribution in [0.2, 0.25) is 0 Å². The highest BCUT2D eigenvalue weighted by Crippen LogP contribution is 2.29. The first-order valence-corrected chi connectivity index (χ1v) is 8.90. The molecule has 1 aromatic carbocycles. The van der Waals surface area contributed by atoms with Gasteiger partial charge in [-0.25, -0.2) is 13.1 Å². The van der Waals surface area contributed by atoms with E-state index in [0.29, 0.717) is 0 Å². The van der Waals surface area contributed by atoms with Crippen LogP contribution in [0.4, 0.5) is 13.2 Å². The Balaban J connectivity index is 2.99. The maximum absolute atomic E-state index is 12.3. The fraction of sp³-hybridized carbons (Fsp3) is 0.500. The van der Waals surface area contributed by atoms with E-state index in [2.05, 4.69) is 9.46 Å². The van der Waals surface area contributed by atoms with Crippen LogP contribution in [-0.4, -0.2) is 44.0 Å². The maximum Gasteiger partial charge on any atom is 0.573 e. The molecular weight excluding hydrogens is 343 g/mol. The second-order valence-corrected chi connectivity index (χ2v) is 7.35. The van der Waals surface area contributed by atoms with Gasteiger partial charge in [0.2, 0.25) is 10.0 Å². The molecular formula is C12H16F3NO4S2. The molecule has 0 aliphatic heterocycles. The van der Waals surface area contributed by atoms with Crippen LogP contribution in [0.15, 0.2) is 29.2 Å². The fourth-order valence-electron chi connectivity index (χ4n) is 1.57. The smallest absolute Gasteiger partial charge is 0.404 e. The second-order valence-electron chi connectivity index (χ2n) is 4.75. The third kappa shape index (κ3) is 6.03. The molecule has 0 fully saturated rings. The predicted octanol–water partition coefficient (Wildman–Crippen LogP) is 1.98. The predicted molar refractivity (Wildman–Crippen MR) is 77.3 cm³/mol. The van der Waals surface area contributed by atoms with Crippen molar-refractivity contribution in [2.45, 2.75) is 23.8 Å². The lowest BCUT2D eigenvalue weighted by atomic mass is 10.1. The van der Waals surface area contributed by atoms with E-state index < -0.39 is 32.6 Å². The van der Waals surface area contributed by atoms with Crippen LogP contribution in [0.5, 0.6) is 5.75 Å². The first kappa shape index (κ1) is 19.1. The number of aliphatic hydroxyl groups is 1. The molecule has 0 aliphatic rings. The quantitative estimate of drug-likeness (QED) is 0.779. The zero-order valence-corrected chi connectivity index (χ0v) is 13.5. The summed E-state index contributed by atoms with van der Waals surface area (Å²) < 4.78 is 66.9. The van der Waals surface area contributed by atoms with Crippen molar-refractivity contribution >= 4 is 21.8 Å². The number of rotatable bonds is 7. The summed E-state index contributed by atoms with van der Waals surface area (Å²) in [6.45, 7) is 1.08. The third-order valence-corrected chi connectivity index (χ3v) is 4.81. The summed E-state index contributed by atoms with van der Waals surface area (Å²) in [4.78, 5) is -0.646. The molecule has 1 rings (SSSR count). The normalized spacial score (nSPS) is 15.4. The largest absolute Gasteiger partial charge is 0.573 e. The minimum atomic E-state index is -5.00. The lowest BCUT2D eigenvalue weighted by Gasteiger charge is -2.23. The highest BCUT2D eigenvalue weighted by molar-refractivity contribution is 7.98. The molecule has 0 spiro atoms. The maximum atomic E-state index is 12.3. The molecule has 2 N–H and O–H groups in total. The van der Waals surface area contributed by atoms with Crippen molar-refractivity contribution < 1.29 is 31.4 Å². The molecule has 0 radical (unpaired) electrons. The molecule has 22 heavy (non-hydrogen) atoms. The molecule has 0 aliphatic carbocycles. The summed E-state index contributed by atoms with van der Waals surface area (Å²) in [6.07, 6.45) is -3.27. The molecule has 0 saturated heterocycles. The van der Waals surface area contributed by atoms with Gasteiger partial charge >= 0.3 is 6.36 Å². The topological polar surface area (TPSA) is 75.6 Å². The van der Waals surface area contributed by atoms with Gasteiger partial charge < -0.3 is 9.84 Å². The SMILES string of the molecule is CSC[C@@](C)(O)CNS(=O)(=O)c1ccccc1OC(F)(F)F. The van der Waals surface area contributed by atoms with Gasteiger partial charge in [-0.05, 0) is 25.3 Å². The Morgan fingerprint density at radius 1 is 1.32 bits per heavy atom. The molecule has 0 amide bonds. The molecule has 5 nitrogen and oxygen atoms in total. The van der Waals surface area contributed by atoms with Crippen LogP contribution in [-0.2, 0) is 10.0 Å². The van der Waals surface area contributed by atoms with Gasteiger partial charge in [0.05, 0.1) is 5.60 Å². The first-order chi connectivity index (χ1) is 9.97. The average molecular weight is 359 g/mol. The number of benzene rings is 1. The van der Waals surface area contributed by atoms with Gasteiger partial charge in [0.1, 0.15) is 10.6 Å². The van der Waals surface area contributed by atoms with Gasteiger partial charge in [-0.3, -0.25) is 0 Å². The molecule has 1 aromatic rings. The van der Waals surface area contributed by atoms with E-state index in [1.165, 1.54) is 30.8 Å². The van der Waals surface area contributed by atoms with Gasteiger partial charge in [0, 0.05) is 12.3 Å². The van der Waals surface area contributed by atoms with Crippen LogP contribution in [0.3, 0.4) is 0 Å². The Kier molecular flexibility index (Phi) is 6.13. The summed E-state index contributed by atoms with van der Waals surface area (Å²) in [5.74, 6) is -0.567. The number of hydrogen-bond acceptors (Lipinski definition) is 5. The molecule has 1 atom stereocenters. The van der Waals surface area contributed by atoms with Crippen molar-refractivity contribution in [1.29, 1.82) is 0 Å². The highest BCUT2D eigenvalue weighted by Gasteiger charge is 2.34. The number of nitrogens with one attached hydrogen (secondary N) is 1. The van der Waals surface area contributed by atoms with Crippen molar-refractivity contribution in [1.82, 2.24) is 4.72 Å². The van der Waals surface area contributed by atoms with E-state index in [1.54, 1.807) is 6.26 Å². The second kappa shape index (κ2) is 7.07. The summed E-state index contributed by atoms with van der Waals surface area (Å²) in [7, 11) is -4.26. The van der Waals surface area contributed by atoms with Crippen LogP contribution >= 0.6 is 11.8 Å². The number of hydrogen-bond donors (Lipinski definition) is 2. The van der Waals surface area contributed by atoms with E-state index in [9.17, 15) is 26.7 Å². The number of thioether (sulfide) groups is 1. The molecule has 126 valence electrons. The fourth-order valence-corrected chi connectivity index (χ4v) is 3.58. The number of sulfonamides is 1. The highest BCUT2D eigenvalue weighted by atomic mass is 32.2. The van der Waals surface area contributed by atoms with E-state index in [1.807, 2.05) is 0 Å². The Hall–Kier alpha value is -0.970. The zero-order chi connectivity index (χ0) is 17.0. The molecule has 0 unspecified atom stereocenters. The van der Waals surface area contributed by atoms with Crippen LogP contribution in [0.1, 0.15) is 6.92 Å². The van der Waals surface area contributed by atoms with Crippen molar-refractivity contribution in [3.8, 4) is 5.75 Å². The van der Waals surface area contributed by atoms with E-state index in [-0.39, 0.29) is 12.3 Å².